The Kier molecular flexibility index (Phi) is 3.91. The maximum Gasteiger partial charge on any atom is 0.274 e. The second-order valence-electron chi connectivity index (χ2n) is 6.71. The Balaban J connectivity index is 1.52. The van der Waals surface area contributed by atoms with E-state index in [1.165, 1.54) is 12.0 Å². The monoisotopic (exact) mass is 338 g/mol. The third-order valence-corrected chi connectivity index (χ3v) is 4.68. The highest BCUT2D eigenvalue weighted by Gasteiger charge is 2.17. The van der Waals surface area contributed by atoms with E-state index in [9.17, 15) is 4.79 Å². The Morgan fingerprint density at radius 1 is 1.16 bits per heavy atom. The summed E-state index contributed by atoms with van der Waals surface area (Å²) < 4.78 is 0. The third kappa shape index (κ3) is 3.09. The number of aromatic amines is 2. The van der Waals surface area contributed by atoms with Gasteiger partial charge >= 0.3 is 0 Å². The van der Waals surface area contributed by atoms with Crippen molar-refractivity contribution in [1.82, 2.24) is 20.2 Å². The summed E-state index contributed by atoms with van der Waals surface area (Å²) in [5, 5.41) is 10.9. The van der Waals surface area contributed by atoms with Gasteiger partial charge in [-0.1, -0.05) is 6.07 Å². The van der Waals surface area contributed by atoms with Crippen LogP contribution in [0.25, 0.3) is 10.9 Å². The molecule has 0 bridgehead atoms. The van der Waals surface area contributed by atoms with Crippen molar-refractivity contribution in [1.29, 1.82) is 0 Å². The number of hydrogen-bond acceptors (Lipinski definition) is 4. The molecule has 0 saturated carbocycles. The third-order valence-electron chi connectivity index (χ3n) is 4.68. The van der Waals surface area contributed by atoms with Crippen LogP contribution in [-0.4, -0.2) is 39.2 Å². The first kappa shape index (κ1) is 15.7. The molecule has 2 aromatic heterocycles. The zero-order valence-electron chi connectivity index (χ0n) is 14.5. The first-order valence-corrected chi connectivity index (χ1v) is 8.69. The largest absolute Gasteiger partial charge is 0.351 e. The van der Waals surface area contributed by atoms with Gasteiger partial charge in [-0.3, -0.25) is 10.1 Å². The number of H-pyrrole nitrogens is 2. The molecule has 3 N–H and O–H groups in total. The zero-order valence-corrected chi connectivity index (χ0v) is 14.5. The van der Waals surface area contributed by atoms with E-state index in [-0.39, 0.29) is 5.91 Å². The molecule has 0 spiro atoms. The Hall–Kier alpha value is -2.83. The summed E-state index contributed by atoms with van der Waals surface area (Å²) >= 11 is 0. The molecule has 0 aliphatic carbocycles. The van der Waals surface area contributed by atoms with Crippen molar-refractivity contribution in [2.24, 2.45) is 0 Å². The van der Waals surface area contributed by atoms with Gasteiger partial charge in [0.2, 0.25) is 11.9 Å². The van der Waals surface area contributed by atoms with Crippen molar-refractivity contribution < 1.29 is 4.79 Å². The van der Waals surface area contributed by atoms with E-state index >= 15 is 0 Å². The lowest BCUT2D eigenvalue weighted by Crippen LogP contribution is -2.30. The number of piperidine rings is 1. The molecule has 1 fully saturated rings. The summed E-state index contributed by atoms with van der Waals surface area (Å²) in [7, 11) is 0. The van der Waals surface area contributed by atoms with Gasteiger partial charge < -0.3 is 9.88 Å². The number of aromatic nitrogens is 4. The van der Waals surface area contributed by atoms with Crippen LogP contribution < -0.4 is 10.2 Å². The average Bonchev–Trinajstić information content (AvgIpc) is 3.22. The summed E-state index contributed by atoms with van der Waals surface area (Å²) in [5.41, 5.74) is 3.80. The number of anilines is 2. The van der Waals surface area contributed by atoms with Gasteiger partial charge in [-0.2, -0.15) is 4.98 Å². The lowest BCUT2D eigenvalue weighted by Gasteiger charge is -2.24. The second-order valence-corrected chi connectivity index (χ2v) is 6.71. The molecule has 7 heteroatoms. The highest BCUT2D eigenvalue weighted by molar-refractivity contribution is 6.05. The molecule has 1 amide bonds. The number of nitrogens with zero attached hydrogens (tertiary/aromatic N) is 3. The Bertz CT molecular complexity index is 919. The van der Waals surface area contributed by atoms with Crippen LogP contribution in [0.4, 0.5) is 11.9 Å². The van der Waals surface area contributed by atoms with Crippen LogP contribution in [0.15, 0.2) is 18.2 Å². The van der Waals surface area contributed by atoms with Crippen molar-refractivity contribution >= 4 is 28.7 Å². The molecule has 25 heavy (non-hydrogen) atoms. The number of hydrogen-bond donors (Lipinski definition) is 3. The van der Waals surface area contributed by atoms with Gasteiger partial charge in [-0.15, -0.1) is 5.10 Å². The molecule has 0 atom stereocenters. The molecule has 1 saturated heterocycles. The molecular weight excluding hydrogens is 316 g/mol. The molecule has 1 aliphatic rings. The summed E-state index contributed by atoms with van der Waals surface area (Å²) in [4.78, 5) is 22.2. The predicted molar refractivity (Wildman–Crippen MR) is 98.2 cm³/mol. The summed E-state index contributed by atoms with van der Waals surface area (Å²) in [6, 6.07) is 6.03. The van der Waals surface area contributed by atoms with Gasteiger partial charge in [-0.25, -0.2) is 5.10 Å². The number of nitrogens with one attached hydrogen (secondary N) is 3. The van der Waals surface area contributed by atoms with Crippen LogP contribution in [0.5, 0.6) is 0 Å². The number of fused-ring (bicyclic) bond motifs is 1. The van der Waals surface area contributed by atoms with Crippen LogP contribution in [0.1, 0.15) is 40.9 Å². The Morgan fingerprint density at radius 2 is 1.96 bits per heavy atom. The van der Waals surface area contributed by atoms with Crippen LogP contribution in [-0.2, 0) is 0 Å². The van der Waals surface area contributed by atoms with Gasteiger partial charge in [0, 0.05) is 24.0 Å². The summed E-state index contributed by atoms with van der Waals surface area (Å²) in [6.07, 6.45) is 3.57. The second kappa shape index (κ2) is 6.23. The van der Waals surface area contributed by atoms with E-state index in [4.69, 9.17) is 0 Å². The van der Waals surface area contributed by atoms with E-state index in [1.54, 1.807) is 0 Å². The highest BCUT2D eigenvalue weighted by Crippen LogP contribution is 2.22. The molecule has 3 heterocycles. The van der Waals surface area contributed by atoms with Crippen LogP contribution in [0, 0.1) is 13.8 Å². The highest BCUT2D eigenvalue weighted by atomic mass is 16.2. The van der Waals surface area contributed by atoms with Crippen LogP contribution in [0.2, 0.25) is 0 Å². The van der Waals surface area contributed by atoms with Gasteiger partial charge in [0.15, 0.2) is 0 Å². The Labute approximate surface area is 145 Å². The average molecular weight is 338 g/mol. The quantitative estimate of drug-likeness (QED) is 0.684. The maximum atomic E-state index is 12.5. The van der Waals surface area contributed by atoms with Gasteiger partial charge in [0.1, 0.15) is 5.69 Å². The van der Waals surface area contributed by atoms with E-state index in [2.05, 4.69) is 36.4 Å². The molecule has 4 rings (SSSR count). The lowest BCUT2D eigenvalue weighted by molar-refractivity contribution is 0.102. The Morgan fingerprint density at radius 3 is 2.76 bits per heavy atom. The van der Waals surface area contributed by atoms with Crippen molar-refractivity contribution in [2.75, 3.05) is 23.3 Å². The summed E-state index contributed by atoms with van der Waals surface area (Å²) in [5.74, 6) is 0.796. The molecule has 7 nitrogen and oxygen atoms in total. The normalized spacial score (nSPS) is 14.9. The summed E-state index contributed by atoms with van der Waals surface area (Å²) in [6.45, 7) is 6.02. The van der Waals surface area contributed by atoms with Gasteiger partial charge in [-0.05, 0) is 56.4 Å². The maximum absolute atomic E-state index is 12.5. The van der Waals surface area contributed by atoms with Crippen molar-refractivity contribution in [2.45, 2.75) is 33.1 Å². The number of amides is 1. The minimum Gasteiger partial charge on any atom is -0.351 e. The topological polar surface area (TPSA) is 89.7 Å². The number of carbonyl (C=O) groups is 1. The van der Waals surface area contributed by atoms with Gasteiger partial charge in [0.25, 0.3) is 5.91 Å². The van der Waals surface area contributed by atoms with E-state index in [0.717, 1.165) is 42.4 Å². The van der Waals surface area contributed by atoms with Crippen molar-refractivity contribution in [3.8, 4) is 0 Å². The van der Waals surface area contributed by atoms with Crippen LogP contribution in [0.3, 0.4) is 0 Å². The molecular formula is C18H22N6O. The van der Waals surface area contributed by atoms with E-state index < -0.39 is 0 Å². The molecule has 0 radical (unpaired) electrons. The fourth-order valence-electron chi connectivity index (χ4n) is 3.44. The minimum atomic E-state index is -0.227. The fourth-order valence-corrected chi connectivity index (χ4v) is 3.44. The fraction of sp³-hybridized carbons (Fsp3) is 0.389. The van der Waals surface area contributed by atoms with Crippen molar-refractivity contribution in [3.05, 3.63) is 35.0 Å². The molecule has 1 aliphatic heterocycles. The molecule has 130 valence electrons. The first-order chi connectivity index (χ1) is 12.1. The molecule has 1 aromatic carbocycles. The lowest BCUT2D eigenvalue weighted by atomic mass is 10.1. The molecule has 0 unspecified atom stereocenters. The van der Waals surface area contributed by atoms with Crippen LogP contribution >= 0.6 is 0 Å². The SMILES string of the molecule is Cc1cc(C)c2cc(C(=O)Nc3nc(N4CCCCC4)n[nH]3)[nH]c2c1. The molecule has 3 aromatic rings. The van der Waals surface area contributed by atoms with Crippen molar-refractivity contribution in [3.63, 3.8) is 0 Å². The zero-order chi connectivity index (χ0) is 17.4. The number of carbonyl (C=O) groups excluding carboxylic acids is 1. The smallest absolute Gasteiger partial charge is 0.274 e. The van der Waals surface area contributed by atoms with Gasteiger partial charge in [0.05, 0.1) is 0 Å². The number of aryl methyl sites for hydroxylation is 2. The van der Waals surface area contributed by atoms with E-state index in [1.807, 2.05) is 26.0 Å². The minimum absolute atomic E-state index is 0.227. The predicted octanol–water partition coefficient (Wildman–Crippen LogP) is 3.15. The van der Waals surface area contributed by atoms with E-state index in [0.29, 0.717) is 17.6 Å². The standard InChI is InChI=1S/C18H22N6O/c1-11-8-12(2)13-10-15(19-14(13)9-11)16(25)20-17-21-18(23-22-17)24-6-4-3-5-7-24/h8-10,19H,3-7H2,1-2H3,(H2,20,21,22,23,25). The number of benzene rings is 1. The first-order valence-electron chi connectivity index (χ1n) is 8.69. The number of rotatable bonds is 3.